The van der Waals surface area contributed by atoms with Gasteiger partial charge in [-0.05, 0) is 18.4 Å². The second-order valence-electron chi connectivity index (χ2n) is 4.90. The molecule has 5 heteroatoms. The summed E-state index contributed by atoms with van der Waals surface area (Å²) in [5, 5.41) is 0.884. The standard InChI is InChI=1S/C14H18N4S/c1-17-6-3-4-12(17)10-18-7-5-13-11(9-18)8-15-14(16-13)19-2/h3-4,6,8H,5,7,9-10H2,1-2H3. The maximum atomic E-state index is 4.60. The molecule has 0 N–H and O–H groups in total. The lowest BCUT2D eigenvalue weighted by molar-refractivity contribution is 0.237. The molecular formula is C14H18N4S. The van der Waals surface area contributed by atoms with Crippen LogP contribution >= 0.6 is 11.8 Å². The lowest BCUT2D eigenvalue weighted by atomic mass is 10.1. The second kappa shape index (κ2) is 5.35. The molecule has 0 aromatic carbocycles. The van der Waals surface area contributed by atoms with Crippen LogP contribution in [0.25, 0.3) is 0 Å². The van der Waals surface area contributed by atoms with Crippen molar-refractivity contribution in [3.8, 4) is 0 Å². The van der Waals surface area contributed by atoms with E-state index in [0.717, 1.165) is 31.2 Å². The molecule has 3 heterocycles. The molecular weight excluding hydrogens is 256 g/mol. The van der Waals surface area contributed by atoms with Crippen molar-refractivity contribution in [2.45, 2.75) is 24.7 Å². The lowest BCUT2D eigenvalue weighted by Crippen LogP contribution is -2.31. The first-order valence-electron chi connectivity index (χ1n) is 6.47. The number of hydrogen-bond acceptors (Lipinski definition) is 4. The van der Waals surface area contributed by atoms with E-state index in [9.17, 15) is 0 Å². The highest BCUT2D eigenvalue weighted by atomic mass is 32.2. The summed E-state index contributed by atoms with van der Waals surface area (Å²) in [6, 6.07) is 4.28. The summed E-state index contributed by atoms with van der Waals surface area (Å²) in [6.45, 7) is 3.02. The van der Waals surface area contributed by atoms with Gasteiger partial charge in [0.2, 0.25) is 0 Å². The van der Waals surface area contributed by atoms with E-state index in [4.69, 9.17) is 0 Å². The van der Waals surface area contributed by atoms with E-state index < -0.39 is 0 Å². The number of aryl methyl sites for hydroxylation is 1. The molecule has 0 spiro atoms. The average Bonchev–Trinajstić information content (AvgIpc) is 2.84. The van der Waals surface area contributed by atoms with Crippen LogP contribution in [0.3, 0.4) is 0 Å². The molecule has 0 amide bonds. The number of nitrogens with zero attached hydrogens (tertiary/aromatic N) is 4. The summed E-state index contributed by atoms with van der Waals surface area (Å²) in [4.78, 5) is 11.4. The van der Waals surface area contributed by atoms with Gasteiger partial charge >= 0.3 is 0 Å². The van der Waals surface area contributed by atoms with Gasteiger partial charge in [0, 0.05) is 56.8 Å². The van der Waals surface area contributed by atoms with Gasteiger partial charge in [0.25, 0.3) is 0 Å². The van der Waals surface area contributed by atoms with Crippen LogP contribution in [0, 0.1) is 0 Å². The number of hydrogen-bond donors (Lipinski definition) is 0. The van der Waals surface area contributed by atoms with Gasteiger partial charge in [-0.2, -0.15) is 0 Å². The van der Waals surface area contributed by atoms with E-state index in [1.165, 1.54) is 17.0 Å². The van der Waals surface area contributed by atoms with Gasteiger partial charge in [0.05, 0.1) is 5.69 Å². The van der Waals surface area contributed by atoms with Crippen molar-refractivity contribution in [3.63, 3.8) is 0 Å². The topological polar surface area (TPSA) is 34.0 Å². The molecule has 4 nitrogen and oxygen atoms in total. The van der Waals surface area contributed by atoms with Gasteiger partial charge in [0.15, 0.2) is 5.16 Å². The minimum atomic E-state index is 0.884. The lowest BCUT2D eigenvalue weighted by Gasteiger charge is -2.28. The minimum absolute atomic E-state index is 0.884. The SMILES string of the molecule is CSc1ncc2c(n1)CCN(Cc1cccn1C)C2. The van der Waals surface area contributed by atoms with Crippen molar-refractivity contribution in [1.29, 1.82) is 0 Å². The molecule has 2 aromatic rings. The summed E-state index contributed by atoms with van der Waals surface area (Å²) in [5.74, 6) is 0. The number of rotatable bonds is 3. The number of thioether (sulfide) groups is 1. The third-order valence-corrected chi connectivity index (χ3v) is 4.17. The van der Waals surface area contributed by atoms with Crippen LogP contribution < -0.4 is 0 Å². The Bertz CT molecular complexity index is 579. The van der Waals surface area contributed by atoms with Crippen molar-refractivity contribution in [3.05, 3.63) is 41.5 Å². The molecule has 0 bridgehead atoms. The summed E-state index contributed by atoms with van der Waals surface area (Å²) in [5.41, 5.74) is 3.85. The molecule has 3 rings (SSSR count). The molecule has 0 atom stereocenters. The largest absolute Gasteiger partial charge is 0.353 e. The highest BCUT2D eigenvalue weighted by Gasteiger charge is 2.18. The molecule has 1 aliphatic rings. The maximum absolute atomic E-state index is 4.60. The van der Waals surface area contributed by atoms with Gasteiger partial charge in [-0.25, -0.2) is 9.97 Å². The summed E-state index contributed by atoms with van der Waals surface area (Å²) < 4.78 is 2.18. The first-order chi connectivity index (χ1) is 9.26. The van der Waals surface area contributed by atoms with Gasteiger partial charge in [-0.3, -0.25) is 4.90 Å². The monoisotopic (exact) mass is 274 g/mol. The predicted octanol–water partition coefficient (Wildman–Crippen LogP) is 2.10. The van der Waals surface area contributed by atoms with E-state index in [-0.39, 0.29) is 0 Å². The van der Waals surface area contributed by atoms with Crippen LogP contribution in [0.5, 0.6) is 0 Å². The first-order valence-corrected chi connectivity index (χ1v) is 7.70. The Morgan fingerprint density at radius 3 is 3.05 bits per heavy atom. The molecule has 0 radical (unpaired) electrons. The Morgan fingerprint density at radius 2 is 2.32 bits per heavy atom. The normalized spacial score (nSPS) is 15.5. The van der Waals surface area contributed by atoms with Crippen LogP contribution in [-0.4, -0.2) is 32.2 Å². The van der Waals surface area contributed by atoms with Crippen molar-refractivity contribution in [1.82, 2.24) is 19.4 Å². The van der Waals surface area contributed by atoms with Crippen molar-refractivity contribution in [2.24, 2.45) is 7.05 Å². The van der Waals surface area contributed by atoms with E-state index in [2.05, 4.69) is 44.8 Å². The summed E-state index contributed by atoms with van der Waals surface area (Å²) in [6.07, 6.45) is 7.13. The van der Waals surface area contributed by atoms with Crippen molar-refractivity contribution in [2.75, 3.05) is 12.8 Å². The molecule has 0 unspecified atom stereocenters. The molecule has 0 saturated heterocycles. The fourth-order valence-corrected chi connectivity index (χ4v) is 2.84. The Balaban J connectivity index is 1.74. The van der Waals surface area contributed by atoms with Crippen LogP contribution in [0.15, 0.2) is 29.7 Å². The van der Waals surface area contributed by atoms with Crippen molar-refractivity contribution < 1.29 is 0 Å². The average molecular weight is 274 g/mol. The molecule has 0 fully saturated rings. The molecule has 100 valence electrons. The zero-order valence-corrected chi connectivity index (χ0v) is 12.2. The van der Waals surface area contributed by atoms with Crippen LogP contribution in [0.4, 0.5) is 0 Å². The summed E-state index contributed by atoms with van der Waals surface area (Å²) in [7, 11) is 2.10. The molecule has 0 saturated carbocycles. The Morgan fingerprint density at radius 1 is 1.42 bits per heavy atom. The zero-order chi connectivity index (χ0) is 13.2. The number of fused-ring (bicyclic) bond motifs is 1. The third kappa shape index (κ3) is 2.67. The van der Waals surface area contributed by atoms with Gasteiger partial charge in [-0.1, -0.05) is 11.8 Å². The summed E-state index contributed by atoms with van der Waals surface area (Å²) >= 11 is 1.61. The highest BCUT2D eigenvalue weighted by molar-refractivity contribution is 7.98. The van der Waals surface area contributed by atoms with E-state index in [1.807, 2.05) is 12.5 Å². The van der Waals surface area contributed by atoms with Crippen LogP contribution in [-0.2, 0) is 26.6 Å². The first kappa shape index (κ1) is 12.7. The highest BCUT2D eigenvalue weighted by Crippen LogP contribution is 2.20. The van der Waals surface area contributed by atoms with E-state index in [1.54, 1.807) is 11.8 Å². The Kier molecular flexibility index (Phi) is 3.57. The maximum Gasteiger partial charge on any atom is 0.187 e. The Hall–Kier alpha value is -1.33. The Labute approximate surface area is 117 Å². The third-order valence-electron chi connectivity index (χ3n) is 3.61. The molecule has 0 aliphatic carbocycles. The second-order valence-corrected chi connectivity index (χ2v) is 5.67. The van der Waals surface area contributed by atoms with Crippen molar-refractivity contribution >= 4 is 11.8 Å². The van der Waals surface area contributed by atoms with E-state index >= 15 is 0 Å². The van der Waals surface area contributed by atoms with Crippen LogP contribution in [0.2, 0.25) is 0 Å². The number of aromatic nitrogens is 3. The van der Waals surface area contributed by atoms with Gasteiger partial charge in [0.1, 0.15) is 0 Å². The minimum Gasteiger partial charge on any atom is -0.353 e. The fraction of sp³-hybridized carbons (Fsp3) is 0.429. The zero-order valence-electron chi connectivity index (χ0n) is 11.3. The molecule has 19 heavy (non-hydrogen) atoms. The predicted molar refractivity (Wildman–Crippen MR) is 77.0 cm³/mol. The molecule has 1 aliphatic heterocycles. The smallest absolute Gasteiger partial charge is 0.187 e. The van der Waals surface area contributed by atoms with E-state index in [0.29, 0.717) is 0 Å². The van der Waals surface area contributed by atoms with Gasteiger partial charge < -0.3 is 4.57 Å². The van der Waals surface area contributed by atoms with Gasteiger partial charge in [-0.15, -0.1) is 0 Å². The fourth-order valence-electron chi connectivity index (χ4n) is 2.48. The quantitative estimate of drug-likeness (QED) is 0.634. The van der Waals surface area contributed by atoms with Crippen LogP contribution in [0.1, 0.15) is 17.0 Å². The molecule has 2 aromatic heterocycles.